The quantitative estimate of drug-likeness (QED) is 0.778. The first-order valence-corrected chi connectivity index (χ1v) is 7.51. The molecule has 1 N–H and O–H groups in total. The van der Waals surface area contributed by atoms with Crippen LogP contribution in [-0.2, 0) is 9.53 Å². The van der Waals surface area contributed by atoms with E-state index in [1.807, 2.05) is 0 Å². The van der Waals surface area contributed by atoms with Crippen LogP contribution >= 0.6 is 34.2 Å². The Kier molecular flexibility index (Phi) is 5.22. The lowest BCUT2D eigenvalue weighted by Gasteiger charge is -2.32. The Morgan fingerprint density at radius 1 is 1.50 bits per heavy atom. The molecule has 1 atom stereocenters. The van der Waals surface area contributed by atoms with Gasteiger partial charge in [-0.1, -0.05) is 11.6 Å². The molecule has 7 heteroatoms. The van der Waals surface area contributed by atoms with Crippen LogP contribution < -0.4 is 0 Å². The van der Waals surface area contributed by atoms with Gasteiger partial charge in [0.25, 0.3) is 5.91 Å². The van der Waals surface area contributed by atoms with Crippen molar-refractivity contribution in [1.29, 1.82) is 0 Å². The molecule has 20 heavy (non-hydrogen) atoms. The lowest BCUT2D eigenvalue weighted by molar-refractivity contribution is -0.141. The predicted octanol–water partition coefficient (Wildman–Crippen LogP) is 2.26. The number of ether oxygens (including phenoxy) is 1. The highest BCUT2D eigenvalue weighted by molar-refractivity contribution is 14.1. The summed E-state index contributed by atoms with van der Waals surface area (Å²) in [6.45, 7) is 1.09. The average molecular weight is 410 g/mol. The first-order valence-electron chi connectivity index (χ1n) is 6.05. The summed E-state index contributed by atoms with van der Waals surface area (Å²) < 4.78 is 6.17. The van der Waals surface area contributed by atoms with Gasteiger partial charge in [-0.15, -0.1) is 0 Å². The van der Waals surface area contributed by atoms with Crippen molar-refractivity contribution in [2.24, 2.45) is 0 Å². The fraction of sp³-hybridized carbons (Fsp3) is 0.385. The number of carboxylic acid groups (broad SMARTS) is 1. The SMILES string of the molecule is O=C(O)CC1CN(C(=O)c2cc(Cl)ccc2I)CCO1. The number of hydrogen-bond acceptors (Lipinski definition) is 3. The molecular formula is C13H13ClINO4. The third-order valence-corrected chi connectivity index (χ3v) is 4.16. The Morgan fingerprint density at radius 3 is 2.95 bits per heavy atom. The van der Waals surface area contributed by atoms with E-state index in [1.54, 1.807) is 23.1 Å². The van der Waals surface area contributed by atoms with E-state index in [0.717, 1.165) is 3.57 Å². The second-order valence-electron chi connectivity index (χ2n) is 4.47. The lowest BCUT2D eigenvalue weighted by atomic mass is 10.1. The van der Waals surface area contributed by atoms with Crippen molar-refractivity contribution in [3.8, 4) is 0 Å². The lowest BCUT2D eigenvalue weighted by Crippen LogP contribution is -2.46. The van der Waals surface area contributed by atoms with Crippen molar-refractivity contribution >= 4 is 46.1 Å². The van der Waals surface area contributed by atoms with Crippen LogP contribution in [0.15, 0.2) is 18.2 Å². The summed E-state index contributed by atoms with van der Waals surface area (Å²) in [5.41, 5.74) is 0.536. The summed E-state index contributed by atoms with van der Waals surface area (Å²) in [4.78, 5) is 24.8. The number of aliphatic carboxylic acids is 1. The summed E-state index contributed by atoms with van der Waals surface area (Å²) in [6.07, 6.45) is -0.557. The molecule has 108 valence electrons. The number of rotatable bonds is 3. The molecule has 1 aliphatic rings. The highest BCUT2D eigenvalue weighted by Crippen LogP contribution is 2.21. The van der Waals surface area contributed by atoms with Gasteiger partial charge in [0.15, 0.2) is 0 Å². The van der Waals surface area contributed by atoms with Crippen LogP contribution in [0.25, 0.3) is 0 Å². The van der Waals surface area contributed by atoms with E-state index < -0.39 is 12.1 Å². The van der Waals surface area contributed by atoms with Crippen LogP contribution in [0.2, 0.25) is 5.02 Å². The molecule has 1 fully saturated rings. The van der Waals surface area contributed by atoms with Crippen molar-refractivity contribution in [2.45, 2.75) is 12.5 Å². The molecule has 1 saturated heterocycles. The molecule has 2 rings (SSSR count). The largest absolute Gasteiger partial charge is 0.481 e. The van der Waals surface area contributed by atoms with Crippen molar-refractivity contribution in [3.63, 3.8) is 0 Å². The summed E-state index contributed by atoms with van der Waals surface area (Å²) >= 11 is 8.00. The average Bonchev–Trinajstić information content (AvgIpc) is 2.40. The van der Waals surface area contributed by atoms with Gasteiger partial charge in [0.2, 0.25) is 0 Å². The van der Waals surface area contributed by atoms with Gasteiger partial charge in [0.1, 0.15) is 0 Å². The first-order chi connectivity index (χ1) is 9.47. The third kappa shape index (κ3) is 3.83. The van der Waals surface area contributed by atoms with Crippen LogP contribution in [0.3, 0.4) is 0 Å². The van der Waals surface area contributed by atoms with E-state index >= 15 is 0 Å². The van der Waals surface area contributed by atoms with Crippen LogP contribution in [0.5, 0.6) is 0 Å². The van der Waals surface area contributed by atoms with E-state index in [9.17, 15) is 9.59 Å². The molecule has 0 saturated carbocycles. The molecule has 0 bridgehead atoms. The standard InChI is InChI=1S/C13H13ClINO4/c14-8-1-2-11(15)10(5-8)13(19)16-3-4-20-9(7-16)6-12(17)18/h1-2,5,9H,3-4,6-7H2,(H,17,18). The van der Waals surface area contributed by atoms with Crippen molar-refractivity contribution in [1.82, 2.24) is 4.90 Å². The van der Waals surface area contributed by atoms with Gasteiger partial charge in [0, 0.05) is 21.7 Å². The van der Waals surface area contributed by atoms with Gasteiger partial charge in [-0.3, -0.25) is 9.59 Å². The molecule has 0 radical (unpaired) electrons. The summed E-state index contributed by atoms with van der Waals surface area (Å²) in [6, 6.07) is 5.14. The molecule has 0 spiro atoms. The molecule has 1 aliphatic heterocycles. The van der Waals surface area contributed by atoms with Crippen molar-refractivity contribution in [2.75, 3.05) is 19.7 Å². The smallest absolute Gasteiger partial charge is 0.306 e. The normalized spacial score (nSPS) is 18.9. The van der Waals surface area contributed by atoms with Gasteiger partial charge >= 0.3 is 5.97 Å². The number of carbonyl (C=O) groups is 2. The van der Waals surface area contributed by atoms with Gasteiger partial charge < -0.3 is 14.7 Å². The molecule has 0 aliphatic carbocycles. The first kappa shape index (κ1) is 15.5. The number of halogens is 2. The Morgan fingerprint density at radius 2 is 2.25 bits per heavy atom. The number of benzene rings is 1. The summed E-state index contributed by atoms with van der Waals surface area (Å²) in [5, 5.41) is 9.29. The third-order valence-electron chi connectivity index (χ3n) is 2.99. The van der Waals surface area contributed by atoms with E-state index in [-0.39, 0.29) is 18.9 Å². The van der Waals surface area contributed by atoms with Crippen LogP contribution in [0.4, 0.5) is 0 Å². The van der Waals surface area contributed by atoms with Crippen LogP contribution in [-0.4, -0.2) is 47.7 Å². The van der Waals surface area contributed by atoms with E-state index in [0.29, 0.717) is 23.7 Å². The minimum absolute atomic E-state index is 0.101. The fourth-order valence-electron chi connectivity index (χ4n) is 2.05. The highest BCUT2D eigenvalue weighted by atomic mass is 127. The van der Waals surface area contributed by atoms with Crippen LogP contribution in [0, 0.1) is 3.57 Å². The van der Waals surface area contributed by atoms with Gasteiger partial charge in [0.05, 0.1) is 24.7 Å². The minimum atomic E-state index is -0.929. The highest BCUT2D eigenvalue weighted by Gasteiger charge is 2.27. The zero-order valence-corrected chi connectivity index (χ0v) is 13.4. The summed E-state index contributed by atoms with van der Waals surface area (Å²) in [7, 11) is 0. The van der Waals surface area contributed by atoms with Crippen LogP contribution in [0.1, 0.15) is 16.8 Å². The molecule has 1 aromatic carbocycles. The second-order valence-corrected chi connectivity index (χ2v) is 6.06. The summed E-state index contributed by atoms with van der Waals surface area (Å²) in [5.74, 6) is -1.07. The maximum absolute atomic E-state index is 12.5. The fourth-order valence-corrected chi connectivity index (χ4v) is 2.79. The number of carbonyl (C=O) groups excluding carboxylic acids is 1. The van der Waals surface area contributed by atoms with Gasteiger partial charge in [-0.25, -0.2) is 0 Å². The Bertz CT molecular complexity index is 537. The second kappa shape index (κ2) is 6.73. The molecule has 1 aromatic rings. The monoisotopic (exact) mass is 409 g/mol. The van der Waals surface area contributed by atoms with Crippen molar-refractivity contribution in [3.05, 3.63) is 32.4 Å². The molecule has 1 heterocycles. The molecule has 5 nitrogen and oxygen atoms in total. The number of morpholine rings is 1. The molecule has 1 amide bonds. The molecular weight excluding hydrogens is 397 g/mol. The number of nitrogens with zero attached hydrogens (tertiary/aromatic N) is 1. The van der Waals surface area contributed by atoms with E-state index in [1.165, 1.54) is 0 Å². The van der Waals surface area contributed by atoms with E-state index in [2.05, 4.69) is 22.6 Å². The van der Waals surface area contributed by atoms with Gasteiger partial charge in [-0.2, -0.15) is 0 Å². The van der Waals surface area contributed by atoms with Crippen molar-refractivity contribution < 1.29 is 19.4 Å². The topological polar surface area (TPSA) is 66.8 Å². The zero-order chi connectivity index (χ0) is 14.7. The minimum Gasteiger partial charge on any atom is -0.481 e. The van der Waals surface area contributed by atoms with E-state index in [4.69, 9.17) is 21.4 Å². The molecule has 1 unspecified atom stereocenters. The Hall–Kier alpha value is -0.860. The Balaban J connectivity index is 2.12. The molecule has 0 aromatic heterocycles. The maximum Gasteiger partial charge on any atom is 0.306 e. The maximum atomic E-state index is 12.5. The Labute approximate surface area is 135 Å². The predicted molar refractivity (Wildman–Crippen MR) is 82.1 cm³/mol. The zero-order valence-electron chi connectivity index (χ0n) is 10.5. The number of amides is 1. The number of carboxylic acids is 1. The van der Waals surface area contributed by atoms with Gasteiger partial charge in [-0.05, 0) is 40.8 Å². The number of hydrogen-bond donors (Lipinski definition) is 1.